The third kappa shape index (κ3) is 7.30. The van der Waals surface area contributed by atoms with Crippen molar-refractivity contribution < 1.29 is 14.3 Å². The largest absolute Gasteiger partial charge is 0.466 e. The van der Waals surface area contributed by atoms with E-state index in [0.29, 0.717) is 25.6 Å². The Morgan fingerprint density at radius 1 is 1.06 bits per heavy atom. The highest BCUT2D eigenvalue weighted by atomic mass is 79.9. The maximum Gasteiger partial charge on any atom is 0.319 e. The van der Waals surface area contributed by atoms with Crippen LogP contribution in [0.15, 0.2) is 53.0 Å². The van der Waals surface area contributed by atoms with Crippen LogP contribution in [0.5, 0.6) is 0 Å². The van der Waals surface area contributed by atoms with E-state index in [1.165, 1.54) is 11.1 Å². The van der Waals surface area contributed by atoms with E-state index in [0.717, 1.165) is 55.4 Å². The number of nitrogens with two attached hydrogens (primary N) is 1. The van der Waals surface area contributed by atoms with Crippen LogP contribution in [0, 0.1) is 0 Å². The Bertz CT molecular complexity index is 919. The van der Waals surface area contributed by atoms with Gasteiger partial charge in [-0.1, -0.05) is 40.2 Å². The van der Waals surface area contributed by atoms with E-state index in [2.05, 4.69) is 45.1 Å². The van der Waals surface area contributed by atoms with Crippen molar-refractivity contribution in [2.45, 2.75) is 51.5 Å². The standard InChI is InChI=1S/C26H34BrN3O3/c1-2-33-25(31)12-6-17-29(24-11-5-9-20-8-3-4-10-23(20)24)18-7-19-30(26(28)32)22-15-13-21(27)14-16-22/h3-4,8,10,13-16,24H,2,5-7,9,11-12,17-19H2,1H3,(H2,28,32). The summed E-state index contributed by atoms with van der Waals surface area (Å²) in [4.78, 5) is 28.1. The number of carbonyl (C=O) groups is 2. The number of primary amides is 1. The number of fused-ring (bicyclic) bond motifs is 1. The summed E-state index contributed by atoms with van der Waals surface area (Å²) < 4.78 is 6.06. The number of benzene rings is 2. The van der Waals surface area contributed by atoms with Crippen molar-refractivity contribution >= 4 is 33.6 Å². The molecule has 0 radical (unpaired) electrons. The first kappa shape index (κ1) is 25.2. The van der Waals surface area contributed by atoms with E-state index in [4.69, 9.17) is 10.5 Å². The number of halogens is 1. The summed E-state index contributed by atoms with van der Waals surface area (Å²) in [6, 6.07) is 16.1. The first-order valence-electron chi connectivity index (χ1n) is 11.8. The van der Waals surface area contributed by atoms with Gasteiger partial charge in [-0.25, -0.2) is 4.79 Å². The maximum absolute atomic E-state index is 12.1. The zero-order chi connectivity index (χ0) is 23.6. The molecule has 2 aromatic carbocycles. The first-order valence-corrected chi connectivity index (χ1v) is 12.6. The van der Waals surface area contributed by atoms with Crippen LogP contribution in [0.1, 0.15) is 56.2 Å². The fourth-order valence-corrected chi connectivity index (χ4v) is 4.87. The van der Waals surface area contributed by atoms with E-state index in [1.807, 2.05) is 31.2 Å². The van der Waals surface area contributed by atoms with Crippen molar-refractivity contribution in [1.29, 1.82) is 0 Å². The highest BCUT2D eigenvalue weighted by Gasteiger charge is 2.26. The molecule has 0 saturated heterocycles. The minimum atomic E-state index is -0.450. The average molecular weight is 516 g/mol. The molecule has 1 unspecified atom stereocenters. The smallest absolute Gasteiger partial charge is 0.319 e. The second-order valence-corrected chi connectivity index (χ2v) is 9.29. The number of anilines is 1. The van der Waals surface area contributed by atoms with Crippen LogP contribution in [0.3, 0.4) is 0 Å². The van der Waals surface area contributed by atoms with Crippen LogP contribution < -0.4 is 10.6 Å². The molecule has 0 saturated carbocycles. The van der Waals surface area contributed by atoms with Crippen molar-refractivity contribution in [3.05, 3.63) is 64.1 Å². The molecule has 0 aliphatic heterocycles. The normalized spacial score (nSPS) is 15.2. The Labute approximate surface area is 205 Å². The second kappa shape index (κ2) is 12.8. The summed E-state index contributed by atoms with van der Waals surface area (Å²) in [5.41, 5.74) is 9.28. The number of carbonyl (C=O) groups excluding carboxylic acids is 2. The van der Waals surface area contributed by atoms with E-state index in [9.17, 15) is 9.59 Å². The molecule has 7 heteroatoms. The van der Waals surface area contributed by atoms with E-state index >= 15 is 0 Å². The van der Waals surface area contributed by atoms with Gasteiger partial charge in [-0.3, -0.25) is 14.6 Å². The van der Waals surface area contributed by atoms with Crippen LogP contribution in [-0.2, 0) is 16.0 Å². The SMILES string of the molecule is CCOC(=O)CCCN(CCCN(C(N)=O)c1ccc(Br)cc1)C1CCCc2ccccc21. The third-order valence-corrected chi connectivity index (χ3v) is 6.67. The minimum absolute atomic E-state index is 0.142. The molecule has 1 aliphatic rings. The third-order valence-electron chi connectivity index (χ3n) is 6.14. The van der Waals surface area contributed by atoms with Crippen molar-refractivity contribution in [2.24, 2.45) is 5.73 Å². The van der Waals surface area contributed by atoms with Gasteiger partial charge in [-0.05, 0) is 81.0 Å². The fraction of sp³-hybridized carbons (Fsp3) is 0.462. The number of amides is 2. The predicted molar refractivity (Wildman–Crippen MR) is 135 cm³/mol. The zero-order valence-corrected chi connectivity index (χ0v) is 20.9. The number of nitrogens with zero attached hydrogens (tertiary/aromatic N) is 2. The minimum Gasteiger partial charge on any atom is -0.466 e. The van der Waals surface area contributed by atoms with Crippen LogP contribution >= 0.6 is 15.9 Å². The molecule has 1 aliphatic carbocycles. The summed E-state index contributed by atoms with van der Waals surface area (Å²) >= 11 is 3.43. The molecule has 0 bridgehead atoms. The number of aryl methyl sites for hydroxylation is 1. The summed E-state index contributed by atoms with van der Waals surface area (Å²) in [5.74, 6) is -0.142. The number of esters is 1. The van der Waals surface area contributed by atoms with E-state index in [-0.39, 0.29) is 5.97 Å². The van der Waals surface area contributed by atoms with Gasteiger partial charge in [-0.2, -0.15) is 0 Å². The molecule has 2 aromatic rings. The lowest BCUT2D eigenvalue weighted by Gasteiger charge is -2.36. The van der Waals surface area contributed by atoms with Crippen molar-refractivity contribution in [2.75, 3.05) is 31.1 Å². The van der Waals surface area contributed by atoms with Gasteiger partial charge in [0.15, 0.2) is 0 Å². The number of urea groups is 1. The van der Waals surface area contributed by atoms with Gasteiger partial charge in [0.2, 0.25) is 0 Å². The lowest BCUT2D eigenvalue weighted by atomic mass is 9.86. The maximum atomic E-state index is 12.1. The van der Waals surface area contributed by atoms with Crippen LogP contribution in [-0.4, -0.2) is 43.1 Å². The van der Waals surface area contributed by atoms with Crippen LogP contribution in [0.25, 0.3) is 0 Å². The molecule has 33 heavy (non-hydrogen) atoms. The summed E-state index contributed by atoms with van der Waals surface area (Å²) in [7, 11) is 0. The van der Waals surface area contributed by atoms with Gasteiger partial charge >= 0.3 is 12.0 Å². The Balaban J connectivity index is 1.68. The van der Waals surface area contributed by atoms with Gasteiger partial charge in [0, 0.05) is 35.7 Å². The van der Waals surface area contributed by atoms with Gasteiger partial charge in [0.25, 0.3) is 0 Å². The molecular formula is C26H34BrN3O3. The number of rotatable bonds is 11. The van der Waals surface area contributed by atoms with Gasteiger partial charge in [-0.15, -0.1) is 0 Å². The monoisotopic (exact) mass is 515 g/mol. The van der Waals surface area contributed by atoms with E-state index in [1.54, 1.807) is 4.90 Å². The molecule has 0 spiro atoms. The average Bonchev–Trinajstić information content (AvgIpc) is 2.81. The van der Waals surface area contributed by atoms with Crippen molar-refractivity contribution in [3.63, 3.8) is 0 Å². The van der Waals surface area contributed by atoms with Gasteiger partial charge < -0.3 is 10.5 Å². The molecule has 2 amide bonds. The Kier molecular flexibility index (Phi) is 9.76. The topological polar surface area (TPSA) is 75.9 Å². The number of ether oxygens (including phenoxy) is 1. The van der Waals surface area contributed by atoms with Crippen LogP contribution in [0.2, 0.25) is 0 Å². The molecule has 2 N–H and O–H groups in total. The molecule has 1 atom stereocenters. The number of hydrogen-bond donors (Lipinski definition) is 1. The van der Waals surface area contributed by atoms with Gasteiger partial charge in [0.1, 0.15) is 0 Å². The molecule has 3 rings (SSSR count). The zero-order valence-electron chi connectivity index (χ0n) is 19.3. The Hall–Kier alpha value is -2.38. The molecule has 0 fully saturated rings. The summed E-state index contributed by atoms with van der Waals surface area (Å²) in [6.07, 6.45) is 5.33. The lowest BCUT2D eigenvalue weighted by molar-refractivity contribution is -0.143. The Morgan fingerprint density at radius 2 is 1.79 bits per heavy atom. The van der Waals surface area contributed by atoms with Crippen molar-refractivity contribution in [3.8, 4) is 0 Å². The van der Waals surface area contributed by atoms with Crippen LogP contribution in [0.4, 0.5) is 10.5 Å². The van der Waals surface area contributed by atoms with Crippen molar-refractivity contribution in [1.82, 2.24) is 4.90 Å². The highest BCUT2D eigenvalue weighted by molar-refractivity contribution is 9.10. The second-order valence-electron chi connectivity index (χ2n) is 8.37. The highest BCUT2D eigenvalue weighted by Crippen LogP contribution is 2.34. The summed E-state index contributed by atoms with van der Waals surface area (Å²) in [6.45, 7) is 4.42. The van der Waals surface area contributed by atoms with E-state index < -0.39 is 6.03 Å². The summed E-state index contributed by atoms with van der Waals surface area (Å²) in [5, 5.41) is 0. The predicted octanol–water partition coefficient (Wildman–Crippen LogP) is 5.45. The molecular weight excluding hydrogens is 482 g/mol. The molecule has 178 valence electrons. The molecule has 0 aromatic heterocycles. The fourth-order valence-electron chi connectivity index (χ4n) is 4.61. The molecule has 6 nitrogen and oxygen atoms in total. The Morgan fingerprint density at radius 3 is 2.52 bits per heavy atom. The number of hydrogen-bond acceptors (Lipinski definition) is 4. The molecule has 0 heterocycles. The quantitative estimate of drug-likeness (QED) is 0.403. The first-order chi connectivity index (χ1) is 16.0. The van der Waals surface area contributed by atoms with Gasteiger partial charge in [0.05, 0.1) is 6.61 Å². The lowest BCUT2D eigenvalue weighted by Crippen LogP contribution is -2.39.